The maximum Gasteiger partial charge on any atom is 0.0946 e. The van der Waals surface area contributed by atoms with Gasteiger partial charge in [-0.1, -0.05) is 0 Å². The molecule has 4 heteroatoms. The zero-order chi connectivity index (χ0) is 13.9. The molecule has 20 heavy (non-hydrogen) atoms. The summed E-state index contributed by atoms with van der Waals surface area (Å²) < 4.78 is 2.13. The highest BCUT2D eigenvalue weighted by Crippen LogP contribution is 2.32. The lowest BCUT2D eigenvalue weighted by molar-refractivity contribution is 0.433. The van der Waals surface area contributed by atoms with Gasteiger partial charge in [0.1, 0.15) is 0 Å². The van der Waals surface area contributed by atoms with Crippen LogP contribution in [0.3, 0.4) is 0 Å². The first kappa shape index (κ1) is 13.8. The smallest absolute Gasteiger partial charge is 0.0946 e. The Bertz CT molecular complexity index is 521. The van der Waals surface area contributed by atoms with Gasteiger partial charge >= 0.3 is 0 Å². The Morgan fingerprint density at radius 2 is 2.20 bits per heavy atom. The summed E-state index contributed by atoms with van der Waals surface area (Å²) in [6.07, 6.45) is 11.0. The zero-order valence-electron chi connectivity index (χ0n) is 12.3. The molecule has 0 saturated carbocycles. The van der Waals surface area contributed by atoms with Gasteiger partial charge < -0.3 is 9.88 Å². The number of hydrogen-bond donors (Lipinski definition) is 1. The minimum atomic E-state index is 0.434. The lowest BCUT2D eigenvalue weighted by Crippen LogP contribution is -2.32. The summed E-state index contributed by atoms with van der Waals surface area (Å²) in [5.41, 5.74) is 1.60. The van der Waals surface area contributed by atoms with E-state index < -0.39 is 0 Å². The number of aromatic nitrogens is 2. The van der Waals surface area contributed by atoms with Gasteiger partial charge in [0.15, 0.2) is 0 Å². The molecule has 2 aromatic heterocycles. The van der Waals surface area contributed by atoms with E-state index in [0.717, 1.165) is 6.54 Å². The Morgan fingerprint density at radius 1 is 1.35 bits per heavy atom. The number of imidazole rings is 1. The van der Waals surface area contributed by atoms with Gasteiger partial charge in [-0.2, -0.15) is 0 Å². The van der Waals surface area contributed by atoms with Gasteiger partial charge in [-0.05, 0) is 51.2 Å². The van der Waals surface area contributed by atoms with Crippen LogP contribution in [0.2, 0.25) is 0 Å². The molecule has 0 radical (unpaired) electrons. The first-order valence-corrected chi connectivity index (χ1v) is 8.37. The second kappa shape index (κ2) is 6.10. The van der Waals surface area contributed by atoms with Crippen LogP contribution in [0.25, 0.3) is 0 Å². The van der Waals surface area contributed by atoms with Crippen LogP contribution in [-0.4, -0.2) is 15.6 Å². The van der Waals surface area contributed by atoms with Crippen LogP contribution in [0.15, 0.2) is 24.8 Å². The highest BCUT2D eigenvalue weighted by atomic mass is 32.1. The second-order valence-electron chi connectivity index (χ2n) is 5.85. The first-order valence-electron chi connectivity index (χ1n) is 7.55. The van der Waals surface area contributed by atoms with Crippen molar-refractivity contribution >= 4 is 11.3 Å². The molecule has 0 saturated heterocycles. The van der Waals surface area contributed by atoms with Crippen molar-refractivity contribution in [2.75, 3.05) is 0 Å². The van der Waals surface area contributed by atoms with Crippen LogP contribution in [0, 0.1) is 0 Å². The van der Waals surface area contributed by atoms with Crippen LogP contribution >= 0.6 is 11.3 Å². The van der Waals surface area contributed by atoms with E-state index in [1.165, 1.54) is 30.6 Å². The first-order chi connectivity index (χ1) is 9.72. The predicted molar refractivity (Wildman–Crippen MR) is 84.2 cm³/mol. The molecule has 2 heterocycles. The molecule has 0 bridgehead atoms. The number of aryl methyl sites for hydroxylation is 2. The zero-order valence-corrected chi connectivity index (χ0v) is 13.1. The summed E-state index contributed by atoms with van der Waals surface area (Å²) in [5, 5.41) is 3.71. The Morgan fingerprint density at radius 3 is 2.95 bits per heavy atom. The SMILES string of the molecule is CC(Cn1ccnc1)NC(C)c1cc2c(s1)CCCC2. The largest absolute Gasteiger partial charge is 0.336 e. The van der Waals surface area contributed by atoms with Crippen molar-refractivity contribution in [1.82, 2.24) is 14.9 Å². The molecule has 1 aliphatic rings. The van der Waals surface area contributed by atoms with Gasteiger partial charge in [-0.3, -0.25) is 0 Å². The van der Waals surface area contributed by atoms with E-state index in [0.29, 0.717) is 12.1 Å². The minimum absolute atomic E-state index is 0.434. The maximum atomic E-state index is 4.09. The molecule has 3 rings (SSSR count). The van der Waals surface area contributed by atoms with Gasteiger partial charge in [-0.25, -0.2) is 4.98 Å². The average molecular weight is 289 g/mol. The van der Waals surface area contributed by atoms with Gasteiger partial charge in [0, 0.05) is 40.8 Å². The van der Waals surface area contributed by atoms with E-state index >= 15 is 0 Å². The molecular formula is C16H23N3S. The number of hydrogen-bond acceptors (Lipinski definition) is 3. The summed E-state index contributed by atoms with van der Waals surface area (Å²) in [6, 6.07) is 3.31. The number of rotatable bonds is 5. The molecule has 2 atom stereocenters. The van der Waals surface area contributed by atoms with E-state index in [-0.39, 0.29) is 0 Å². The van der Waals surface area contributed by atoms with Crippen molar-refractivity contribution in [3.63, 3.8) is 0 Å². The molecule has 0 spiro atoms. The lowest BCUT2D eigenvalue weighted by Gasteiger charge is -2.19. The van der Waals surface area contributed by atoms with Gasteiger partial charge in [0.2, 0.25) is 0 Å². The Hall–Kier alpha value is -1.13. The van der Waals surface area contributed by atoms with Crippen LogP contribution in [0.5, 0.6) is 0 Å². The molecule has 2 unspecified atom stereocenters. The summed E-state index contributed by atoms with van der Waals surface area (Å²) >= 11 is 2.01. The van der Waals surface area contributed by atoms with E-state index in [1.54, 1.807) is 10.4 Å². The number of fused-ring (bicyclic) bond motifs is 1. The average Bonchev–Trinajstić information content (AvgIpc) is 3.06. The van der Waals surface area contributed by atoms with E-state index in [9.17, 15) is 0 Å². The van der Waals surface area contributed by atoms with Crippen LogP contribution in [0.4, 0.5) is 0 Å². The summed E-state index contributed by atoms with van der Waals surface area (Å²) in [7, 11) is 0. The minimum Gasteiger partial charge on any atom is -0.336 e. The molecule has 108 valence electrons. The van der Waals surface area contributed by atoms with Crippen LogP contribution in [0.1, 0.15) is 48.0 Å². The summed E-state index contributed by atoms with van der Waals surface area (Å²) in [4.78, 5) is 7.22. The molecule has 0 fully saturated rings. The summed E-state index contributed by atoms with van der Waals surface area (Å²) in [6.45, 7) is 5.49. The molecule has 0 aromatic carbocycles. The van der Waals surface area contributed by atoms with Gasteiger partial charge in [0.25, 0.3) is 0 Å². The number of nitrogens with one attached hydrogen (secondary N) is 1. The van der Waals surface area contributed by atoms with E-state index in [4.69, 9.17) is 0 Å². The Labute approximate surface area is 125 Å². The Balaban J connectivity index is 1.60. The second-order valence-corrected chi connectivity index (χ2v) is 7.02. The Kier molecular flexibility index (Phi) is 4.22. The van der Waals surface area contributed by atoms with Crippen molar-refractivity contribution in [2.45, 2.75) is 58.2 Å². The monoisotopic (exact) mass is 289 g/mol. The highest BCUT2D eigenvalue weighted by Gasteiger charge is 2.17. The normalized spacial score (nSPS) is 17.7. The van der Waals surface area contributed by atoms with Crippen molar-refractivity contribution < 1.29 is 0 Å². The fourth-order valence-corrected chi connectivity index (χ4v) is 4.27. The standard InChI is InChI=1S/C16H23N3S/c1-12(10-19-8-7-17-11-19)18-13(2)16-9-14-5-3-4-6-15(14)20-16/h7-9,11-13,18H,3-6,10H2,1-2H3. The van der Waals surface area contributed by atoms with Crippen LogP contribution < -0.4 is 5.32 Å². The van der Waals surface area contributed by atoms with E-state index in [2.05, 4.69) is 34.8 Å². The van der Waals surface area contributed by atoms with Crippen molar-refractivity contribution in [3.8, 4) is 0 Å². The third-order valence-electron chi connectivity index (χ3n) is 4.02. The van der Waals surface area contributed by atoms with Gasteiger partial charge in [-0.15, -0.1) is 11.3 Å². The molecule has 1 aliphatic carbocycles. The maximum absolute atomic E-state index is 4.09. The van der Waals surface area contributed by atoms with Crippen molar-refractivity contribution in [3.05, 3.63) is 40.1 Å². The van der Waals surface area contributed by atoms with Crippen molar-refractivity contribution in [2.24, 2.45) is 0 Å². The van der Waals surface area contributed by atoms with Gasteiger partial charge in [0.05, 0.1) is 6.33 Å². The number of thiophene rings is 1. The molecule has 0 aliphatic heterocycles. The molecule has 1 N–H and O–H groups in total. The topological polar surface area (TPSA) is 29.9 Å². The summed E-state index contributed by atoms with van der Waals surface area (Å²) in [5.74, 6) is 0. The third kappa shape index (κ3) is 3.13. The molecule has 0 amide bonds. The van der Waals surface area contributed by atoms with Crippen LogP contribution in [-0.2, 0) is 19.4 Å². The fraction of sp³-hybridized carbons (Fsp3) is 0.562. The predicted octanol–water partition coefficient (Wildman–Crippen LogP) is 3.56. The molecule has 2 aromatic rings. The van der Waals surface area contributed by atoms with E-state index in [1.807, 2.05) is 30.1 Å². The highest BCUT2D eigenvalue weighted by molar-refractivity contribution is 7.12. The number of nitrogens with zero attached hydrogens (tertiary/aromatic N) is 2. The van der Waals surface area contributed by atoms with Crippen molar-refractivity contribution in [1.29, 1.82) is 0 Å². The quantitative estimate of drug-likeness (QED) is 0.912. The fourth-order valence-electron chi connectivity index (χ4n) is 3.00. The lowest BCUT2D eigenvalue weighted by atomic mass is 9.99. The molecule has 3 nitrogen and oxygen atoms in total. The third-order valence-corrected chi connectivity index (χ3v) is 5.44. The molecular weight excluding hydrogens is 266 g/mol.